The van der Waals surface area contributed by atoms with E-state index in [-0.39, 0.29) is 35.6 Å². The number of rotatable bonds is 8. The fourth-order valence-corrected chi connectivity index (χ4v) is 15.0. The molecule has 1 aliphatic rings. The van der Waals surface area contributed by atoms with Gasteiger partial charge in [0, 0.05) is 0 Å². The third kappa shape index (κ3) is 13.7. The summed E-state index contributed by atoms with van der Waals surface area (Å²) < 4.78 is 1.23. The standard InChI is InChI=1S/C61H49.C25H16Cl2.C5H5.2ClH.Zr/c1-60(2,3)58-36-54-44(34-56(58)52-21-13-11-19-48(52)42-27-29-50-40(31-42)25-23-38-15-7-9-17-46(38)50)33-45-35-57(59(37-55(45)54)61(4,5)6)53-22-14-12-20-49(53)43-28-30-51-41(32-43)26-24-39-16-8-10-18-47(39)51;26-24-16-18(11-13-22(24)20-7-3-1-4-8-20)15-19-12-14-23(25(27)17-19)21-9-5-2-6-10-21;1-2-4-5-3-1;;;/h7-32,34,36-37H,33H2,1-6H3;1-14,16-17H;1-5H;2*1H;/q-1;;-1;;;+2/p-2. The Morgan fingerprint density at radius 3 is 1.25 bits per heavy atom. The quantitative estimate of drug-likeness (QED) is 0.105. The zero-order valence-corrected chi connectivity index (χ0v) is 60.1. The van der Waals surface area contributed by atoms with Gasteiger partial charge in [-0.25, -0.2) is 12.1 Å². The molecule has 1 aliphatic carbocycles. The maximum absolute atomic E-state index is 6.60. The summed E-state index contributed by atoms with van der Waals surface area (Å²) in [6, 6.07) is 113. The molecule has 468 valence electrons. The van der Waals surface area contributed by atoms with Crippen molar-refractivity contribution >= 4 is 69.5 Å². The van der Waals surface area contributed by atoms with Crippen molar-refractivity contribution in [3.63, 3.8) is 0 Å². The van der Waals surface area contributed by atoms with Crippen molar-refractivity contribution < 1.29 is 49.0 Å². The van der Waals surface area contributed by atoms with Crippen molar-refractivity contribution in [2.24, 2.45) is 0 Å². The second kappa shape index (κ2) is 28.6. The van der Waals surface area contributed by atoms with Crippen molar-refractivity contribution in [3.8, 4) is 77.9 Å². The van der Waals surface area contributed by atoms with Crippen LogP contribution in [0.25, 0.3) is 121 Å². The Bertz CT molecular complexity index is 5000. The Hall–Kier alpha value is -8.62. The summed E-state index contributed by atoms with van der Waals surface area (Å²) in [7, 11) is 0. The van der Waals surface area contributed by atoms with E-state index in [2.05, 4.69) is 272 Å². The molecule has 15 aromatic carbocycles. The van der Waals surface area contributed by atoms with Crippen LogP contribution < -0.4 is 24.8 Å². The molecule has 16 rings (SSSR count). The van der Waals surface area contributed by atoms with Gasteiger partial charge in [0.25, 0.3) is 0 Å². The SMILES string of the molecule is CC(C)(C)c1cc2c([c-]c1-c1ccccc1-c1ccc3c(ccc4ccccc43)c1)Cc1cc(-c3ccccc3-c3ccc4c(ccc5ccccc54)c3)c(C(C)(C)C)cc1-2.Clc1cc([C](=[Zr+2])c2ccc(-c3ccccc3)c(Cl)c2)ccc1-c1ccccc1.[Cl-].[Cl-].c1cc[cH-]c1. The minimum atomic E-state index is -0.100. The molecule has 0 atom stereocenters. The molecule has 0 saturated carbocycles. The molecular formula is C91H70Cl4Zr-2. The molecule has 0 amide bonds. The van der Waals surface area contributed by atoms with E-state index in [1.807, 2.05) is 78.9 Å². The molecule has 0 saturated heterocycles. The zero-order chi connectivity index (χ0) is 64.7. The molecule has 0 heterocycles. The molecule has 0 unspecified atom stereocenters. The fraction of sp³-hybridized carbons (Fsp3) is 0.0989. The maximum Gasteiger partial charge on any atom is -0.172 e. The Morgan fingerprint density at radius 1 is 0.344 bits per heavy atom. The van der Waals surface area contributed by atoms with E-state index in [0.717, 1.165) is 49.8 Å². The van der Waals surface area contributed by atoms with Crippen LogP contribution in [0.4, 0.5) is 0 Å². The Kier molecular flexibility index (Phi) is 20.1. The van der Waals surface area contributed by atoms with Crippen LogP contribution in [0.5, 0.6) is 0 Å². The second-order valence-electron chi connectivity index (χ2n) is 26.7. The van der Waals surface area contributed by atoms with Crippen molar-refractivity contribution in [3.05, 3.63) is 353 Å². The van der Waals surface area contributed by atoms with Crippen LogP contribution in [0.2, 0.25) is 10.0 Å². The number of fused-ring (bicyclic) bond motifs is 9. The first kappa shape index (κ1) is 67.4. The summed E-state index contributed by atoms with van der Waals surface area (Å²) in [5.74, 6) is 0. The first-order chi connectivity index (χ1) is 45.6. The Balaban J connectivity index is 0.000000209. The number of halogens is 4. The van der Waals surface area contributed by atoms with Gasteiger partial charge >= 0.3 is 191 Å². The average molecular weight is 1400 g/mol. The number of hydrogen-bond donors (Lipinski definition) is 0. The minimum absolute atomic E-state index is 0. The van der Waals surface area contributed by atoms with Gasteiger partial charge in [-0.2, -0.15) is 18.2 Å². The summed E-state index contributed by atoms with van der Waals surface area (Å²) >= 11 is 14.5. The molecular weight excluding hydrogens is 1330 g/mol. The Morgan fingerprint density at radius 2 is 0.771 bits per heavy atom. The molecule has 0 nitrogen and oxygen atoms in total. The Labute approximate surface area is 602 Å². The van der Waals surface area contributed by atoms with Gasteiger partial charge in [0.2, 0.25) is 0 Å². The van der Waals surface area contributed by atoms with Gasteiger partial charge in [0.15, 0.2) is 0 Å². The summed E-state index contributed by atoms with van der Waals surface area (Å²) in [4.78, 5) is 0. The van der Waals surface area contributed by atoms with Crippen molar-refractivity contribution in [2.45, 2.75) is 58.8 Å². The van der Waals surface area contributed by atoms with Gasteiger partial charge < -0.3 is 24.8 Å². The van der Waals surface area contributed by atoms with E-state index >= 15 is 0 Å². The number of hydrogen-bond acceptors (Lipinski definition) is 0. The van der Waals surface area contributed by atoms with Crippen molar-refractivity contribution in [1.29, 1.82) is 0 Å². The van der Waals surface area contributed by atoms with Crippen LogP contribution in [0.15, 0.2) is 303 Å². The van der Waals surface area contributed by atoms with Gasteiger partial charge in [-0.05, 0) is 111 Å². The third-order valence-electron chi connectivity index (χ3n) is 18.4. The van der Waals surface area contributed by atoms with Gasteiger partial charge in [0.05, 0.1) is 0 Å². The van der Waals surface area contributed by atoms with E-state index in [1.54, 1.807) is 0 Å². The van der Waals surface area contributed by atoms with Gasteiger partial charge in [-0.1, -0.05) is 222 Å². The molecule has 5 heteroatoms. The monoisotopic (exact) mass is 1390 g/mol. The fourth-order valence-electron chi connectivity index (χ4n) is 13.7. The second-order valence-corrected chi connectivity index (χ2v) is 28.7. The molecule has 0 aliphatic heterocycles. The van der Waals surface area contributed by atoms with Gasteiger partial charge in [-0.3, -0.25) is 0 Å². The first-order valence-corrected chi connectivity index (χ1v) is 34.4. The van der Waals surface area contributed by atoms with Gasteiger partial charge in [-0.15, -0.1) is 28.8 Å². The van der Waals surface area contributed by atoms with E-state index in [9.17, 15) is 0 Å². The maximum atomic E-state index is 6.60. The van der Waals surface area contributed by atoms with Gasteiger partial charge in [0.1, 0.15) is 0 Å². The predicted molar refractivity (Wildman–Crippen MR) is 402 cm³/mol. The average Bonchev–Trinajstić information content (AvgIpc) is 1.50. The molecule has 0 aromatic heterocycles. The van der Waals surface area contributed by atoms with E-state index in [4.69, 9.17) is 23.2 Å². The van der Waals surface area contributed by atoms with E-state index in [1.165, 1.54) is 148 Å². The molecule has 0 spiro atoms. The topological polar surface area (TPSA) is 0 Å². The zero-order valence-electron chi connectivity index (χ0n) is 54.6. The first-order valence-electron chi connectivity index (χ1n) is 32.4. The smallest absolute Gasteiger partial charge is 0.172 e. The molecule has 0 bridgehead atoms. The van der Waals surface area contributed by atoms with Crippen LogP contribution in [-0.4, -0.2) is 3.21 Å². The van der Waals surface area contributed by atoms with Crippen LogP contribution in [-0.2, 0) is 41.5 Å². The molecule has 0 fully saturated rings. The number of benzene rings is 14. The summed E-state index contributed by atoms with van der Waals surface area (Å²) in [5.41, 5.74) is 24.5. The van der Waals surface area contributed by atoms with Crippen molar-refractivity contribution in [1.82, 2.24) is 0 Å². The van der Waals surface area contributed by atoms with Crippen molar-refractivity contribution in [2.75, 3.05) is 0 Å². The molecule has 15 aromatic rings. The van der Waals surface area contributed by atoms with E-state index in [0.29, 0.717) is 0 Å². The summed E-state index contributed by atoms with van der Waals surface area (Å²) in [6.45, 7) is 14.1. The van der Waals surface area contributed by atoms with Crippen LogP contribution in [0.3, 0.4) is 0 Å². The third-order valence-corrected chi connectivity index (χ3v) is 20.5. The minimum Gasteiger partial charge on any atom is -1.00 e. The summed E-state index contributed by atoms with van der Waals surface area (Å²) in [5, 5.41) is 11.8. The molecule has 0 N–H and O–H groups in total. The largest absolute Gasteiger partial charge is 1.00 e. The normalized spacial score (nSPS) is 11.6. The van der Waals surface area contributed by atoms with Crippen LogP contribution in [0, 0.1) is 6.07 Å². The predicted octanol–water partition coefficient (Wildman–Crippen LogP) is 19.8. The summed E-state index contributed by atoms with van der Waals surface area (Å²) in [6.07, 6.45) is 0.857. The molecule has 96 heavy (non-hydrogen) atoms. The van der Waals surface area contributed by atoms with E-state index < -0.39 is 0 Å². The van der Waals surface area contributed by atoms with Crippen LogP contribution >= 0.6 is 23.2 Å². The van der Waals surface area contributed by atoms with Crippen LogP contribution in [0.1, 0.15) is 74.9 Å². The molecule has 0 radical (unpaired) electrons.